The standard InChI is InChI=1S/C17H25N3O3/c1-12(17(21)22)11-23-15-7-5-13(6-8-15)16(18)20-10-14-4-2-3-9-19-14/h5-8,12,14,19H,2-4,9-11H2,1H3,(H2,18,20)(H,21,22)/t12-,14?/m0/s1. The number of carbonyl (C=O) groups is 1. The molecule has 6 heteroatoms. The van der Waals surface area contributed by atoms with E-state index < -0.39 is 11.9 Å². The van der Waals surface area contributed by atoms with E-state index in [0.717, 1.165) is 18.5 Å². The summed E-state index contributed by atoms with van der Waals surface area (Å²) in [5.74, 6) is -0.259. The number of nitrogens with zero attached hydrogens (tertiary/aromatic N) is 1. The highest BCUT2D eigenvalue weighted by molar-refractivity contribution is 5.97. The summed E-state index contributed by atoms with van der Waals surface area (Å²) in [4.78, 5) is 15.2. The Labute approximate surface area is 136 Å². The first kappa shape index (κ1) is 17.3. The maximum atomic E-state index is 10.7. The molecule has 23 heavy (non-hydrogen) atoms. The quantitative estimate of drug-likeness (QED) is 0.524. The second kappa shape index (κ2) is 8.53. The molecule has 0 radical (unpaired) electrons. The summed E-state index contributed by atoms with van der Waals surface area (Å²) >= 11 is 0. The van der Waals surface area contributed by atoms with E-state index in [2.05, 4.69) is 10.3 Å². The lowest BCUT2D eigenvalue weighted by molar-refractivity contribution is -0.142. The van der Waals surface area contributed by atoms with Gasteiger partial charge in [-0.05, 0) is 50.6 Å². The Balaban J connectivity index is 1.86. The Morgan fingerprint density at radius 2 is 2.17 bits per heavy atom. The van der Waals surface area contributed by atoms with Gasteiger partial charge in [-0.1, -0.05) is 6.42 Å². The van der Waals surface area contributed by atoms with Crippen LogP contribution in [0.2, 0.25) is 0 Å². The molecule has 0 aliphatic carbocycles. The van der Waals surface area contributed by atoms with Gasteiger partial charge in [0, 0.05) is 11.6 Å². The third kappa shape index (κ3) is 5.56. The molecule has 0 saturated carbocycles. The number of piperidine rings is 1. The Kier molecular flexibility index (Phi) is 6.40. The van der Waals surface area contributed by atoms with E-state index in [1.54, 1.807) is 19.1 Å². The first-order valence-electron chi connectivity index (χ1n) is 8.05. The molecular weight excluding hydrogens is 294 g/mol. The molecular formula is C17H25N3O3. The molecule has 2 rings (SSSR count). The number of carboxylic acids is 1. The van der Waals surface area contributed by atoms with Crippen molar-refractivity contribution in [3.8, 4) is 5.75 Å². The largest absolute Gasteiger partial charge is 0.493 e. The van der Waals surface area contributed by atoms with Crippen molar-refractivity contribution < 1.29 is 14.6 Å². The van der Waals surface area contributed by atoms with E-state index in [-0.39, 0.29) is 6.61 Å². The molecule has 1 aromatic rings. The number of ether oxygens (including phenoxy) is 1. The first-order chi connectivity index (χ1) is 11.1. The molecule has 0 bridgehead atoms. The molecule has 1 aliphatic heterocycles. The van der Waals surface area contributed by atoms with E-state index in [1.165, 1.54) is 12.8 Å². The first-order valence-corrected chi connectivity index (χ1v) is 8.05. The van der Waals surface area contributed by atoms with Crippen LogP contribution < -0.4 is 15.8 Å². The van der Waals surface area contributed by atoms with E-state index in [9.17, 15) is 4.79 Å². The van der Waals surface area contributed by atoms with Crippen LogP contribution in [-0.2, 0) is 4.79 Å². The molecule has 2 atom stereocenters. The van der Waals surface area contributed by atoms with Crippen LogP contribution >= 0.6 is 0 Å². The van der Waals surface area contributed by atoms with Gasteiger partial charge in [0.05, 0.1) is 12.5 Å². The molecule has 0 spiro atoms. The summed E-state index contributed by atoms with van der Waals surface area (Å²) < 4.78 is 5.45. The highest BCUT2D eigenvalue weighted by Crippen LogP contribution is 2.14. The predicted molar refractivity (Wildman–Crippen MR) is 90.0 cm³/mol. The maximum Gasteiger partial charge on any atom is 0.309 e. The highest BCUT2D eigenvalue weighted by Gasteiger charge is 2.13. The third-order valence-corrected chi connectivity index (χ3v) is 3.97. The molecule has 0 aromatic heterocycles. The number of hydrogen-bond donors (Lipinski definition) is 3. The van der Waals surface area contributed by atoms with Gasteiger partial charge >= 0.3 is 5.97 Å². The van der Waals surface area contributed by atoms with Crippen molar-refractivity contribution in [2.24, 2.45) is 16.6 Å². The fourth-order valence-corrected chi connectivity index (χ4v) is 2.39. The smallest absolute Gasteiger partial charge is 0.309 e. The fourth-order valence-electron chi connectivity index (χ4n) is 2.39. The van der Waals surface area contributed by atoms with Gasteiger partial charge in [0.15, 0.2) is 0 Å². The Bertz CT molecular complexity index is 537. The number of carboxylic acid groups (broad SMARTS) is 1. The Morgan fingerprint density at radius 3 is 2.78 bits per heavy atom. The minimum Gasteiger partial charge on any atom is -0.493 e. The van der Waals surface area contributed by atoms with Gasteiger partial charge in [0.1, 0.15) is 18.2 Å². The number of aliphatic carboxylic acids is 1. The monoisotopic (exact) mass is 319 g/mol. The number of nitrogens with two attached hydrogens (primary N) is 1. The highest BCUT2D eigenvalue weighted by atomic mass is 16.5. The SMILES string of the molecule is C[C@@H](COc1ccc(C(N)=NCC2CCCCN2)cc1)C(=O)O. The molecule has 1 fully saturated rings. The van der Waals surface area contributed by atoms with Gasteiger partial charge in [-0.15, -0.1) is 0 Å². The van der Waals surface area contributed by atoms with Crippen LogP contribution in [0.4, 0.5) is 0 Å². The Hall–Kier alpha value is -2.08. The third-order valence-electron chi connectivity index (χ3n) is 3.97. The van der Waals surface area contributed by atoms with E-state index in [1.807, 2.05) is 12.1 Å². The van der Waals surface area contributed by atoms with Gasteiger partial charge in [-0.2, -0.15) is 0 Å². The van der Waals surface area contributed by atoms with Crippen LogP contribution in [0.25, 0.3) is 0 Å². The molecule has 1 aliphatic rings. The van der Waals surface area contributed by atoms with Crippen molar-refractivity contribution in [1.82, 2.24) is 5.32 Å². The zero-order chi connectivity index (χ0) is 16.7. The van der Waals surface area contributed by atoms with Crippen LogP contribution in [0.5, 0.6) is 5.75 Å². The van der Waals surface area contributed by atoms with Crippen molar-refractivity contribution >= 4 is 11.8 Å². The number of nitrogens with one attached hydrogen (secondary N) is 1. The van der Waals surface area contributed by atoms with Crippen LogP contribution in [-0.4, -0.2) is 42.6 Å². The molecule has 1 saturated heterocycles. The van der Waals surface area contributed by atoms with E-state index in [4.69, 9.17) is 15.6 Å². The molecule has 0 amide bonds. The maximum absolute atomic E-state index is 10.7. The van der Waals surface area contributed by atoms with Gasteiger partial charge < -0.3 is 20.9 Å². The average Bonchev–Trinajstić information content (AvgIpc) is 2.58. The van der Waals surface area contributed by atoms with Crippen molar-refractivity contribution in [2.45, 2.75) is 32.2 Å². The average molecular weight is 319 g/mol. The van der Waals surface area contributed by atoms with Crippen LogP contribution in [0.1, 0.15) is 31.7 Å². The van der Waals surface area contributed by atoms with Crippen molar-refractivity contribution in [3.05, 3.63) is 29.8 Å². The molecule has 4 N–H and O–H groups in total. The summed E-state index contributed by atoms with van der Waals surface area (Å²) in [5, 5.41) is 12.3. The van der Waals surface area contributed by atoms with E-state index in [0.29, 0.717) is 24.2 Å². The Morgan fingerprint density at radius 1 is 1.43 bits per heavy atom. The summed E-state index contributed by atoms with van der Waals surface area (Å²) in [6.45, 7) is 3.51. The number of aliphatic imine (C=N–C) groups is 1. The van der Waals surface area contributed by atoms with Gasteiger partial charge in [0.25, 0.3) is 0 Å². The second-order valence-electron chi connectivity index (χ2n) is 5.95. The molecule has 1 unspecified atom stereocenters. The normalized spacial score (nSPS) is 20.0. The van der Waals surface area contributed by atoms with Crippen molar-refractivity contribution in [2.75, 3.05) is 19.7 Å². The van der Waals surface area contributed by atoms with Crippen molar-refractivity contribution in [3.63, 3.8) is 0 Å². The summed E-state index contributed by atoms with van der Waals surface area (Å²) in [7, 11) is 0. The second-order valence-corrected chi connectivity index (χ2v) is 5.95. The summed E-state index contributed by atoms with van der Waals surface area (Å²) in [6.07, 6.45) is 3.62. The van der Waals surface area contributed by atoms with Gasteiger partial charge in [0.2, 0.25) is 0 Å². The zero-order valence-electron chi connectivity index (χ0n) is 13.5. The van der Waals surface area contributed by atoms with Gasteiger partial charge in [-0.3, -0.25) is 9.79 Å². The van der Waals surface area contributed by atoms with Crippen LogP contribution in [0.15, 0.2) is 29.3 Å². The lowest BCUT2D eigenvalue weighted by Gasteiger charge is -2.21. The lowest BCUT2D eigenvalue weighted by atomic mass is 10.1. The van der Waals surface area contributed by atoms with Crippen molar-refractivity contribution in [1.29, 1.82) is 0 Å². The minimum absolute atomic E-state index is 0.144. The number of benzene rings is 1. The molecule has 6 nitrogen and oxygen atoms in total. The molecule has 126 valence electrons. The topological polar surface area (TPSA) is 96.9 Å². The fraction of sp³-hybridized carbons (Fsp3) is 0.529. The number of amidine groups is 1. The molecule has 1 aromatic carbocycles. The summed E-state index contributed by atoms with van der Waals surface area (Å²) in [5.41, 5.74) is 6.87. The number of rotatable bonds is 7. The predicted octanol–water partition coefficient (Wildman–Crippen LogP) is 1.63. The summed E-state index contributed by atoms with van der Waals surface area (Å²) in [6, 6.07) is 7.67. The van der Waals surface area contributed by atoms with Crippen LogP contribution in [0, 0.1) is 5.92 Å². The van der Waals surface area contributed by atoms with Crippen LogP contribution in [0.3, 0.4) is 0 Å². The van der Waals surface area contributed by atoms with E-state index >= 15 is 0 Å². The number of hydrogen-bond acceptors (Lipinski definition) is 4. The minimum atomic E-state index is -0.866. The lowest BCUT2D eigenvalue weighted by Crippen LogP contribution is -2.36. The molecule has 1 heterocycles. The zero-order valence-corrected chi connectivity index (χ0v) is 13.5. The van der Waals surface area contributed by atoms with Gasteiger partial charge in [-0.25, -0.2) is 0 Å².